The molecule has 2 atom stereocenters. The first-order chi connectivity index (χ1) is 12.6. The molecular formula is C19H28N4O3. The third-order valence-electron chi connectivity index (χ3n) is 5.15. The summed E-state index contributed by atoms with van der Waals surface area (Å²) in [6.07, 6.45) is 2.39. The number of piperazine rings is 2. The van der Waals surface area contributed by atoms with Crippen LogP contribution in [0.3, 0.4) is 0 Å². The number of carbonyl (C=O) groups is 2. The van der Waals surface area contributed by atoms with E-state index in [1.807, 2.05) is 18.2 Å². The molecule has 7 heteroatoms. The Morgan fingerprint density at radius 3 is 2.88 bits per heavy atom. The van der Waals surface area contributed by atoms with Crippen molar-refractivity contribution in [3.63, 3.8) is 0 Å². The van der Waals surface area contributed by atoms with Gasteiger partial charge in [0.05, 0.1) is 7.11 Å². The van der Waals surface area contributed by atoms with Crippen molar-refractivity contribution in [1.82, 2.24) is 15.1 Å². The van der Waals surface area contributed by atoms with Gasteiger partial charge in [-0.15, -0.1) is 0 Å². The maximum absolute atomic E-state index is 12.7. The van der Waals surface area contributed by atoms with Gasteiger partial charge < -0.3 is 20.7 Å². The normalized spacial score (nSPS) is 23.5. The fourth-order valence-corrected chi connectivity index (χ4v) is 3.72. The molecule has 1 aromatic rings. The molecule has 3 rings (SSSR count). The quantitative estimate of drug-likeness (QED) is 0.685. The summed E-state index contributed by atoms with van der Waals surface area (Å²) in [6.45, 7) is 3.27. The van der Waals surface area contributed by atoms with Gasteiger partial charge >= 0.3 is 0 Å². The van der Waals surface area contributed by atoms with Crippen molar-refractivity contribution in [2.45, 2.75) is 37.9 Å². The molecule has 2 fully saturated rings. The van der Waals surface area contributed by atoms with E-state index in [9.17, 15) is 9.59 Å². The number of unbranched alkanes of at least 4 members (excludes halogenated alkanes) is 1. The summed E-state index contributed by atoms with van der Waals surface area (Å²) < 4.78 is 5.27. The standard InChI is InChI=1S/C19H28N4O3/c1-26-15-6-4-5-14(11-15)12-22-9-10-23-17(13-22)18(24)21-16(19(23)25)7-2-3-8-20/h4-6,11,16-17H,2-3,7-10,12-13,20H2,1H3,(H,21,24)/t16-,17+/m0/s1. The average molecular weight is 360 g/mol. The van der Waals surface area contributed by atoms with Gasteiger partial charge in [0.2, 0.25) is 11.8 Å². The maximum atomic E-state index is 12.7. The zero-order valence-corrected chi connectivity index (χ0v) is 15.3. The number of hydrogen-bond acceptors (Lipinski definition) is 5. The van der Waals surface area contributed by atoms with E-state index in [0.717, 1.165) is 37.2 Å². The van der Waals surface area contributed by atoms with Crippen LogP contribution in [-0.4, -0.2) is 67.0 Å². The minimum Gasteiger partial charge on any atom is -0.497 e. The van der Waals surface area contributed by atoms with Crippen LogP contribution in [0.5, 0.6) is 5.75 Å². The van der Waals surface area contributed by atoms with Crippen LogP contribution in [0.4, 0.5) is 0 Å². The fraction of sp³-hybridized carbons (Fsp3) is 0.579. The van der Waals surface area contributed by atoms with Crippen LogP contribution in [-0.2, 0) is 16.1 Å². The molecule has 2 aliphatic rings. The molecule has 3 N–H and O–H groups in total. The van der Waals surface area contributed by atoms with E-state index in [-0.39, 0.29) is 11.8 Å². The van der Waals surface area contributed by atoms with E-state index < -0.39 is 12.1 Å². The Balaban J connectivity index is 1.60. The summed E-state index contributed by atoms with van der Waals surface area (Å²) >= 11 is 0. The van der Waals surface area contributed by atoms with Crippen LogP contribution in [0.15, 0.2) is 24.3 Å². The van der Waals surface area contributed by atoms with Crippen molar-refractivity contribution >= 4 is 11.8 Å². The Bertz CT molecular complexity index is 651. The lowest BCUT2D eigenvalue weighted by Gasteiger charge is -2.45. The highest BCUT2D eigenvalue weighted by molar-refractivity contribution is 5.97. The van der Waals surface area contributed by atoms with E-state index in [1.54, 1.807) is 12.0 Å². The molecule has 2 aliphatic heterocycles. The lowest BCUT2D eigenvalue weighted by Crippen LogP contribution is -2.69. The number of ether oxygens (including phenoxy) is 1. The summed E-state index contributed by atoms with van der Waals surface area (Å²) in [6, 6.07) is 7.15. The SMILES string of the molecule is COc1cccc(CN2CCN3C(=O)[C@H](CCCCN)NC(=O)[C@H]3C2)c1. The number of benzene rings is 1. The third-order valence-corrected chi connectivity index (χ3v) is 5.15. The Hall–Kier alpha value is -2.12. The third kappa shape index (κ3) is 4.16. The van der Waals surface area contributed by atoms with Crippen molar-refractivity contribution < 1.29 is 14.3 Å². The molecule has 7 nitrogen and oxygen atoms in total. The lowest BCUT2D eigenvalue weighted by atomic mass is 10.00. The molecule has 2 heterocycles. The van der Waals surface area contributed by atoms with Crippen molar-refractivity contribution in [3.8, 4) is 5.75 Å². The number of hydrogen-bond donors (Lipinski definition) is 2. The van der Waals surface area contributed by atoms with Gasteiger partial charge in [-0.1, -0.05) is 12.1 Å². The minimum atomic E-state index is -0.396. The first-order valence-electron chi connectivity index (χ1n) is 9.28. The largest absolute Gasteiger partial charge is 0.497 e. The van der Waals surface area contributed by atoms with Crippen LogP contribution in [0, 0.1) is 0 Å². The number of carbonyl (C=O) groups excluding carboxylic acids is 2. The van der Waals surface area contributed by atoms with Gasteiger partial charge in [0, 0.05) is 26.2 Å². The van der Waals surface area contributed by atoms with Gasteiger partial charge in [-0.05, 0) is 43.5 Å². The summed E-state index contributed by atoms with van der Waals surface area (Å²) in [5, 5.41) is 2.91. The van der Waals surface area contributed by atoms with Crippen molar-refractivity contribution in [2.75, 3.05) is 33.3 Å². The Labute approximate surface area is 154 Å². The second-order valence-corrected chi connectivity index (χ2v) is 6.98. The predicted molar refractivity (Wildman–Crippen MR) is 98.6 cm³/mol. The maximum Gasteiger partial charge on any atom is 0.245 e. The molecular weight excluding hydrogens is 332 g/mol. The van der Waals surface area contributed by atoms with Crippen molar-refractivity contribution in [2.24, 2.45) is 5.73 Å². The zero-order chi connectivity index (χ0) is 18.5. The molecule has 0 spiro atoms. The molecule has 26 heavy (non-hydrogen) atoms. The number of fused-ring (bicyclic) bond motifs is 1. The average Bonchev–Trinajstić information content (AvgIpc) is 2.66. The molecule has 0 aliphatic carbocycles. The van der Waals surface area contributed by atoms with Crippen LogP contribution < -0.4 is 15.8 Å². The Kier molecular flexibility index (Phi) is 6.11. The van der Waals surface area contributed by atoms with Gasteiger partial charge in [-0.3, -0.25) is 14.5 Å². The van der Waals surface area contributed by atoms with Crippen LogP contribution in [0.25, 0.3) is 0 Å². The molecule has 2 saturated heterocycles. The van der Waals surface area contributed by atoms with Gasteiger partial charge in [-0.2, -0.15) is 0 Å². The van der Waals surface area contributed by atoms with E-state index in [2.05, 4.69) is 16.3 Å². The second-order valence-electron chi connectivity index (χ2n) is 6.98. The highest BCUT2D eigenvalue weighted by atomic mass is 16.5. The molecule has 0 unspecified atom stereocenters. The van der Waals surface area contributed by atoms with E-state index in [4.69, 9.17) is 10.5 Å². The first-order valence-corrected chi connectivity index (χ1v) is 9.28. The molecule has 142 valence electrons. The fourth-order valence-electron chi connectivity index (χ4n) is 3.72. The topological polar surface area (TPSA) is 87.9 Å². The second kappa shape index (κ2) is 8.51. The first kappa shape index (κ1) is 18.7. The Morgan fingerprint density at radius 1 is 1.27 bits per heavy atom. The van der Waals surface area contributed by atoms with Crippen LogP contribution in [0.1, 0.15) is 24.8 Å². The number of nitrogens with two attached hydrogens (primary N) is 1. The molecule has 0 radical (unpaired) electrons. The number of nitrogens with one attached hydrogen (secondary N) is 1. The van der Waals surface area contributed by atoms with Crippen LogP contribution in [0.2, 0.25) is 0 Å². The number of rotatable bonds is 7. The highest BCUT2D eigenvalue weighted by Gasteiger charge is 2.42. The van der Waals surface area contributed by atoms with Gasteiger partial charge in [0.15, 0.2) is 0 Å². The van der Waals surface area contributed by atoms with E-state index in [0.29, 0.717) is 26.1 Å². The van der Waals surface area contributed by atoms with Crippen molar-refractivity contribution in [1.29, 1.82) is 0 Å². The summed E-state index contributed by atoms with van der Waals surface area (Å²) in [7, 11) is 1.65. The summed E-state index contributed by atoms with van der Waals surface area (Å²) in [4.78, 5) is 29.2. The molecule has 0 aromatic heterocycles. The molecule has 0 bridgehead atoms. The van der Waals surface area contributed by atoms with Gasteiger partial charge in [0.25, 0.3) is 0 Å². The summed E-state index contributed by atoms with van der Waals surface area (Å²) in [5.41, 5.74) is 6.65. The highest BCUT2D eigenvalue weighted by Crippen LogP contribution is 2.21. The van der Waals surface area contributed by atoms with Gasteiger partial charge in [-0.25, -0.2) is 0 Å². The molecule has 0 saturated carbocycles. The summed E-state index contributed by atoms with van der Waals surface area (Å²) in [5.74, 6) is 0.831. The zero-order valence-electron chi connectivity index (χ0n) is 15.3. The van der Waals surface area contributed by atoms with E-state index >= 15 is 0 Å². The monoisotopic (exact) mass is 360 g/mol. The molecule has 2 amide bonds. The Morgan fingerprint density at radius 2 is 2.12 bits per heavy atom. The minimum absolute atomic E-state index is 0.0438. The number of amides is 2. The number of methoxy groups -OCH3 is 1. The predicted octanol–water partition coefficient (Wildman–Crippen LogP) is 0.335. The van der Waals surface area contributed by atoms with Gasteiger partial charge in [0.1, 0.15) is 17.8 Å². The number of nitrogens with zero attached hydrogens (tertiary/aromatic N) is 2. The molecule has 1 aromatic carbocycles. The lowest BCUT2D eigenvalue weighted by molar-refractivity contribution is -0.153. The smallest absolute Gasteiger partial charge is 0.245 e. The van der Waals surface area contributed by atoms with E-state index in [1.165, 1.54) is 0 Å². The van der Waals surface area contributed by atoms with Crippen molar-refractivity contribution in [3.05, 3.63) is 29.8 Å². The van der Waals surface area contributed by atoms with Crippen LogP contribution >= 0.6 is 0 Å².